The van der Waals surface area contributed by atoms with Crippen LogP contribution in [0.3, 0.4) is 0 Å². The molecule has 0 saturated carbocycles. The number of rotatable bonds is 8. The average Bonchev–Trinajstić information content (AvgIpc) is 3.43. The maximum atomic E-state index is 13.4. The van der Waals surface area contributed by atoms with E-state index in [9.17, 15) is 9.59 Å². The summed E-state index contributed by atoms with van der Waals surface area (Å²) >= 11 is 2.76. The van der Waals surface area contributed by atoms with Gasteiger partial charge in [0.05, 0.1) is 23.4 Å². The fourth-order valence-corrected chi connectivity index (χ4v) is 5.56. The van der Waals surface area contributed by atoms with E-state index in [0.29, 0.717) is 34.2 Å². The van der Waals surface area contributed by atoms with Crippen molar-refractivity contribution < 1.29 is 9.21 Å². The van der Waals surface area contributed by atoms with Crippen molar-refractivity contribution in [1.82, 2.24) is 14.9 Å². The Morgan fingerprint density at radius 1 is 1.31 bits per heavy atom. The number of thioether (sulfide) groups is 1. The first-order chi connectivity index (χ1) is 15.5. The van der Waals surface area contributed by atoms with Crippen LogP contribution < -0.4 is 10.9 Å². The Bertz CT molecular complexity index is 1310. The molecule has 0 aliphatic carbocycles. The van der Waals surface area contributed by atoms with Gasteiger partial charge in [-0.3, -0.25) is 14.2 Å². The molecule has 0 aliphatic rings. The Labute approximate surface area is 194 Å². The maximum absolute atomic E-state index is 13.4. The molecule has 4 aromatic rings. The molecule has 32 heavy (non-hydrogen) atoms. The number of aryl methyl sites for hydroxylation is 1. The highest BCUT2D eigenvalue weighted by Gasteiger charge is 2.22. The molecule has 0 fully saturated rings. The third-order valence-corrected chi connectivity index (χ3v) is 7.36. The van der Waals surface area contributed by atoms with Crippen molar-refractivity contribution in [2.24, 2.45) is 0 Å². The molecule has 164 valence electrons. The number of carbonyl (C=O) groups is 1. The SMILES string of the molecule is C=CCn1c(SC(C)C(=O)NCc2ccco2)nc2sc(-c3ccccc3)c(C)c2c1=O. The molecule has 1 unspecified atom stereocenters. The quantitative estimate of drug-likeness (QED) is 0.225. The molecule has 0 aliphatic heterocycles. The fraction of sp³-hybridized carbons (Fsp3) is 0.208. The molecule has 3 aromatic heterocycles. The minimum atomic E-state index is -0.444. The zero-order valence-electron chi connectivity index (χ0n) is 17.8. The molecule has 3 heterocycles. The van der Waals surface area contributed by atoms with Crippen LogP contribution in [0.4, 0.5) is 0 Å². The summed E-state index contributed by atoms with van der Waals surface area (Å²) in [6.07, 6.45) is 3.24. The van der Waals surface area contributed by atoms with Crippen LogP contribution in [-0.4, -0.2) is 20.7 Å². The van der Waals surface area contributed by atoms with Crippen molar-refractivity contribution >= 4 is 39.2 Å². The van der Waals surface area contributed by atoms with Crippen LogP contribution in [0, 0.1) is 6.92 Å². The molecule has 0 bridgehead atoms. The van der Waals surface area contributed by atoms with E-state index in [2.05, 4.69) is 11.9 Å². The van der Waals surface area contributed by atoms with Crippen LogP contribution in [0.25, 0.3) is 20.7 Å². The molecule has 6 nitrogen and oxygen atoms in total. The molecule has 0 spiro atoms. The van der Waals surface area contributed by atoms with Gasteiger partial charge in [-0.25, -0.2) is 4.98 Å². The molecule has 8 heteroatoms. The van der Waals surface area contributed by atoms with Crippen LogP contribution in [-0.2, 0) is 17.9 Å². The van der Waals surface area contributed by atoms with E-state index in [-0.39, 0.29) is 11.5 Å². The summed E-state index contributed by atoms with van der Waals surface area (Å²) in [5, 5.41) is 3.54. The second kappa shape index (κ2) is 9.58. The molecule has 1 atom stereocenters. The lowest BCUT2D eigenvalue weighted by atomic mass is 10.1. The van der Waals surface area contributed by atoms with Gasteiger partial charge in [0.15, 0.2) is 5.16 Å². The van der Waals surface area contributed by atoms with Gasteiger partial charge < -0.3 is 9.73 Å². The number of nitrogens with zero attached hydrogens (tertiary/aromatic N) is 2. The van der Waals surface area contributed by atoms with Gasteiger partial charge in [0.2, 0.25) is 5.91 Å². The maximum Gasteiger partial charge on any atom is 0.263 e. The Morgan fingerprint density at radius 2 is 2.09 bits per heavy atom. The van der Waals surface area contributed by atoms with Gasteiger partial charge in [-0.1, -0.05) is 48.2 Å². The lowest BCUT2D eigenvalue weighted by Gasteiger charge is -2.14. The van der Waals surface area contributed by atoms with E-state index >= 15 is 0 Å². The van der Waals surface area contributed by atoms with Gasteiger partial charge in [-0.15, -0.1) is 17.9 Å². The van der Waals surface area contributed by atoms with Gasteiger partial charge in [-0.2, -0.15) is 0 Å². The summed E-state index contributed by atoms with van der Waals surface area (Å²) in [6.45, 7) is 8.17. The molecule has 1 amide bonds. The Balaban J connectivity index is 1.67. The first-order valence-electron chi connectivity index (χ1n) is 10.2. The average molecular weight is 466 g/mol. The standard InChI is InChI=1S/C24H23N3O3S2/c1-4-12-27-23(29)19-15(2)20(17-9-6-5-7-10-17)32-22(19)26-24(27)31-16(3)21(28)25-14-18-11-8-13-30-18/h4-11,13,16H,1,12,14H2,2-3H3,(H,25,28). The van der Waals surface area contributed by atoms with E-state index in [4.69, 9.17) is 9.40 Å². The number of hydrogen-bond donors (Lipinski definition) is 1. The van der Waals surface area contributed by atoms with Gasteiger partial charge in [0, 0.05) is 11.4 Å². The summed E-state index contributed by atoms with van der Waals surface area (Å²) in [4.78, 5) is 32.5. The van der Waals surface area contributed by atoms with Gasteiger partial charge in [0.25, 0.3) is 5.56 Å². The van der Waals surface area contributed by atoms with Crippen molar-refractivity contribution in [2.75, 3.05) is 0 Å². The van der Waals surface area contributed by atoms with Crippen molar-refractivity contribution in [3.8, 4) is 10.4 Å². The van der Waals surface area contributed by atoms with E-state index in [1.165, 1.54) is 23.1 Å². The fourth-order valence-electron chi connectivity index (χ4n) is 3.39. The molecular formula is C24H23N3O3S2. The second-order valence-electron chi connectivity index (χ2n) is 7.26. The largest absolute Gasteiger partial charge is 0.467 e. The first-order valence-corrected chi connectivity index (χ1v) is 11.9. The number of benzene rings is 1. The van der Waals surface area contributed by atoms with Crippen molar-refractivity contribution in [2.45, 2.75) is 37.3 Å². The first kappa shape index (κ1) is 22.1. The van der Waals surface area contributed by atoms with Crippen molar-refractivity contribution in [1.29, 1.82) is 0 Å². The Morgan fingerprint density at radius 3 is 2.78 bits per heavy atom. The number of hydrogen-bond acceptors (Lipinski definition) is 6. The number of amides is 1. The summed E-state index contributed by atoms with van der Waals surface area (Å²) in [7, 11) is 0. The van der Waals surface area contributed by atoms with Crippen LogP contribution in [0.15, 0.2) is 75.8 Å². The minimum Gasteiger partial charge on any atom is -0.467 e. The summed E-state index contributed by atoms with van der Waals surface area (Å²) in [6, 6.07) is 13.6. The van der Waals surface area contributed by atoms with E-state index in [1.807, 2.05) is 37.3 Å². The third-order valence-electron chi connectivity index (χ3n) is 5.03. The van der Waals surface area contributed by atoms with E-state index < -0.39 is 5.25 Å². The summed E-state index contributed by atoms with van der Waals surface area (Å²) < 4.78 is 6.85. The Kier molecular flexibility index (Phi) is 6.62. The second-order valence-corrected chi connectivity index (χ2v) is 9.57. The van der Waals surface area contributed by atoms with Crippen molar-refractivity contribution in [3.63, 3.8) is 0 Å². The van der Waals surface area contributed by atoms with Crippen LogP contribution in [0.5, 0.6) is 0 Å². The molecule has 4 rings (SSSR count). The van der Waals surface area contributed by atoms with E-state index in [1.54, 1.807) is 36.0 Å². The molecular weight excluding hydrogens is 442 g/mol. The van der Waals surface area contributed by atoms with Gasteiger partial charge in [-0.05, 0) is 37.1 Å². The summed E-state index contributed by atoms with van der Waals surface area (Å²) in [5.74, 6) is 0.527. The van der Waals surface area contributed by atoms with Crippen molar-refractivity contribution in [3.05, 3.63) is 83.1 Å². The van der Waals surface area contributed by atoms with Crippen LogP contribution in [0.1, 0.15) is 18.2 Å². The van der Waals surface area contributed by atoms with E-state index in [0.717, 1.165) is 16.0 Å². The van der Waals surface area contributed by atoms with Gasteiger partial charge >= 0.3 is 0 Å². The highest BCUT2D eigenvalue weighted by Crippen LogP contribution is 2.36. The lowest BCUT2D eigenvalue weighted by Crippen LogP contribution is -2.31. The molecule has 0 saturated heterocycles. The monoisotopic (exact) mass is 465 g/mol. The topological polar surface area (TPSA) is 77.1 Å². The third kappa shape index (κ3) is 4.42. The number of nitrogens with one attached hydrogen (secondary N) is 1. The number of fused-ring (bicyclic) bond motifs is 1. The molecule has 0 radical (unpaired) electrons. The summed E-state index contributed by atoms with van der Waals surface area (Å²) in [5.41, 5.74) is 1.87. The predicted molar refractivity (Wildman–Crippen MR) is 130 cm³/mol. The number of thiophene rings is 1. The van der Waals surface area contributed by atoms with Crippen LogP contribution in [0.2, 0.25) is 0 Å². The minimum absolute atomic E-state index is 0.114. The molecule has 1 N–H and O–H groups in total. The zero-order chi connectivity index (χ0) is 22.7. The number of aromatic nitrogens is 2. The van der Waals surface area contributed by atoms with Crippen LogP contribution >= 0.6 is 23.1 Å². The van der Waals surface area contributed by atoms with Gasteiger partial charge in [0.1, 0.15) is 10.6 Å². The highest BCUT2D eigenvalue weighted by atomic mass is 32.2. The highest BCUT2D eigenvalue weighted by molar-refractivity contribution is 8.00. The smallest absolute Gasteiger partial charge is 0.263 e. The number of furan rings is 1. The predicted octanol–water partition coefficient (Wildman–Crippen LogP) is 5.01. The zero-order valence-corrected chi connectivity index (χ0v) is 19.5. The number of carbonyl (C=O) groups excluding carboxylic acids is 1. The lowest BCUT2D eigenvalue weighted by molar-refractivity contribution is -0.120. The normalized spacial score (nSPS) is 12.1. The number of allylic oxidation sites excluding steroid dienone is 1. The molecule has 1 aromatic carbocycles. The Hall–Kier alpha value is -3.10.